The zero-order valence-corrected chi connectivity index (χ0v) is 38.3. The van der Waals surface area contributed by atoms with Crippen molar-refractivity contribution in [1.29, 1.82) is 0 Å². The molecule has 0 aromatic carbocycles. The molecule has 0 heterocycles. The number of nitrogens with two attached hydrogens (primary N) is 2. The fourth-order valence-corrected chi connectivity index (χ4v) is 5.74. The van der Waals surface area contributed by atoms with Crippen molar-refractivity contribution in [3.8, 4) is 0 Å². The minimum atomic E-state index is -1.77. The highest BCUT2D eigenvalue weighted by Crippen LogP contribution is 2.10. The van der Waals surface area contributed by atoms with Crippen LogP contribution in [0.2, 0.25) is 0 Å². The molecule has 26 heteroatoms. The van der Waals surface area contributed by atoms with Gasteiger partial charge in [-0.15, -0.1) is 0 Å². The second-order valence-electron chi connectivity index (χ2n) is 16.3. The fourth-order valence-electron chi connectivity index (χ4n) is 5.74. The fraction of sp³-hybridized carbons (Fsp3) is 0.700. The molecule has 0 saturated heterocycles. The van der Waals surface area contributed by atoms with E-state index in [-0.39, 0.29) is 24.7 Å². The number of hydrogen-bond acceptors (Lipinski definition) is 14. The summed E-state index contributed by atoms with van der Waals surface area (Å²) in [7, 11) is 0. The zero-order chi connectivity index (χ0) is 50.7. The largest absolute Gasteiger partial charge is 0.481 e. The van der Waals surface area contributed by atoms with Crippen LogP contribution in [0.5, 0.6) is 0 Å². The van der Waals surface area contributed by atoms with Crippen LogP contribution in [0.4, 0.5) is 0 Å². The number of amides is 9. The Morgan fingerprint density at radius 3 is 1.48 bits per heavy atom. The van der Waals surface area contributed by atoms with E-state index in [0.717, 1.165) is 0 Å². The van der Waals surface area contributed by atoms with E-state index in [1.54, 1.807) is 27.7 Å². The molecule has 26 nitrogen and oxygen atoms in total. The lowest BCUT2D eigenvalue weighted by atomic mass is 9.97. The Labute approximate surface area is 382 Å². The first-order valence-corrected chi connectivity index (χ1v) is 21.5. The summed E-state index contributed by atoms with van der Waals surface area (Å²) in [6.07, 6.45) is -0.466. The molecule has 0 rings (SSSR count). The number of carbonyl (C=O) groups is 12. The number of aliphatic carboxylic acids is 3. The van der Waals surface area contributed by atoms with E-state index in [4.69, 9.17) is 16.6 Å². The van der Waals surface area contributed by atoms with Gasteiger partial charge < -0.3 is 74.6 Å². The number of rotatable bonds is 33. The molecule has 0 aliphatic heterocycles. The summed E-state index contributed by atoms with van der Waals surface area (Å²) in [6, 6.07) is -7.79. The number of hydrogen-bond donors (Lipinski definition) is 14. The van der Waals surface area contributed by atoms with Crippen molar-refractivity contribution >= 4 is 71.1 Å². The van der Waals surface area contributed by atoms with Crippen LogP contribution in [0.15, 0.2) is 0 Å². The van der Waals surface area contributed by atoms with Gasteiger partial charge in [0.2, 0.25) is 53.2 Å². The molecular formula is C40H69N11O15. The van der Waals surface area contributed by atoms with Crippen LogP contribution in [0.25, 0.3) is 0 Å². The van der Waals surface area contributed by atoms with E-state index >= 15 is 0 Å². The third kappa shape index (κ3) is 25.2. The molecule has 0 aliphatic rings. The van der Waals surface area contributed by atoms with Crippen molar-refractivity contribution < 1.29 is 72.9 Å². The van der Waals surface area contributed by atoms with Gasteiger partial charge in [-0.3, -0.25) is 52.7 Å². The van der Waals surface area contributed by atoms with E-state index in [1.165, 1.54) is 0 Å². The van der Waals surface area contributed by atoms with Gasteiger partial charge in [-0.25, -0.2) is 4.79 Å². The molecule has 0 aromatic rings. The maximum Gasteiger partial charge on any atom is 0.326 e. The SMILES string of the molecule is CCC(C)[C@H](NC(=O)CNC(=O)[C@H](CC(C)C)NC(=O)[C@@H](N)C(C)C)C(=O)N[C@@H](CC(=O)O)C(=O)NCC(=O)NCC(=O)N[C@@H](CCC(=O)O)C(=O)NCC(=O)N[C@@H](CCCCN)C(=O)O. The summed E-state index contributed by atoms with van der Waals surface area (Å²) in [5.41, 5.74) is 11.3. The highest BCUT2D eigenvalue weighted by Gasteiger charge is 2.32. The molecule has 0 radical (unpaired) electrons. The van der Waals surface area contributed by atoms with E-state index in [9.17, 15) is 67.7 Å². The van der Waals surface area contributed by atoms with Gasteiger partial charge in [0.25, 0.3) is 0 Å². The number of carboxylic acid groups (broad SMARTS) is 3. The van der Waals surface area contributed by atoms with Crippen LogP contribution in [-0.2, 0) is 57.5 Å². The molecule has 0 fully saturated rings. The summed E-state index contributed by atoms with van der Waals surface area (Å²) in [5.74, 6) is -13.0. The van der Waals surface area contributed by atoms with Gasteiger partial charge in [0.1, 0.15) is 30.2 Å². The van der Waals surface area contributed by atoms with Crippen LogP contribution < -0.4 is 59.3 Å². The number of carbonyl (C=O) groups excluding carboxylic acids is 9. The van der Waals surface area contributed by atoms with Gasteiger partial charge in [-0.2, -0.15) is 0 Å². The van der Waals surface area contributed by atoms with Crippen molar-refractivity contribution in [3.63, 3.8) is 0 Å². The van der Waals surface area contributed by atoms with Crippen LogP contribution >= 0.6 is 0 Å². The molecule has 66 heavy (non-hydrogen) atoms. The first-order valence-electron chi connectivity index (χ1n) is 21.5. The minimum absolute atomic E-state index is 0.0323. The maximum atomic E-state index is 13.4. The standard InChI is InChI=1S/C40H69N11O15/c1-7-22(6)34(51-30(55)19-46-36(61)25(14-20(2)3)49-38(63)33(42)21(4)5)39(64)50-26(15-32(58)59)37(62)44-16-27(52)43-17-28(53)47-23(11-12-31(56)57)35(60)45-18-29(54)48-24(40(65)66)10-8-9-13-41/h20-26,33-34H,7-19,41-42H2,1-6H3,(H,43,52)(H,44,62)(H,45,60)(H,46,61)(H,47,53)(H,48,54)(H,49,63)(H,50,64)(H,51,55)(H,56,57)(H,58,59)(H,65,66)/t22?,23-,24-,25-,26-,33-,34-/m0/s1. The van der Waals surface area contributed by atoms with Crippen LogP contribution in [-0.4, -0.2) is 155 Å². The minimum Gasteiger partial charge on any atom is -0.481 e. The van der Waals surface area contributed by atoms with Crippen LogP contribution in [0.3, 0.4) is 0 Å². The normalized spacial score (nSPS) is 14.1. The summed E-state index contributed by atoms with van der Waals surface area (Å²) < 4.78 is 0. The predicted octanol–water partition coefficient (Wildman–Crippen LogP) is -4.50. The van der Waals surface area contributed by atoms with Crippen molar-refractivity contribution in [2.75, 3.05) is 32.7 Å². The van der Waals surface area contributed by atoms with E-state index in [2.05, 4.69) is 47.9 Å². The van der Waals surface area contributed by atoms with E-state index < -0.39 is 159 Å². The Morgan fingerprint density at radius 1 is 0.515 bits per heavy atom. The van der Waals surface area contributed by atoms with Crippen LogP contribution in [0, 0.1) is 17.8 Å². The molecule has 0 aromatic heterocycles. The Hall–Kier alpha value is -6.44. The topological polar surface area (TPSA) is 426 Å². The molecule has 374 valence electrons. The Balaban J connectivity index is 5.51. The van der Waals surface area contributed by atoms with Crippen molar-refractivity contribution in [1.82, 2.24) is 47.9 Å². The summed E-state index contributed by atoms with van der Waals surface area (Å²) in [6.45, 7) is 7.74. The molecule has 0 bridgehead atoms. The summed E-state index contributed by atoms with van der Waals surface area (Å²) in [4.78, 5) is 150. The molecule has 0 spiro atoms. The van der Waals surface area contributed by atoms with E-state index in [1.807, 2.05) is 13.8 Å². The Bertz CT molecular complexity index is 1710. The van der Waals surface area contributed by atoms with E-state index in [0.29, 0.717) is 25.8 Å². The first-order chi connectivity index (χ1) is 30.8. The quantitative estimate of drug-likeness (QED) is 0.0276. The zero-order valence-electron chi connectivity index (χ0n) is 38.3. The van der Waals surface area contributed by atoms with Gasteiger partial charge in [-0.05, 0) is 56.4 Å². The first kappa shape index (κ1) is 59.6. The Morgan fingerprint density at radius 2 is 1.00 bits per heavy atom. The third-order valence-corrected chi connectivity index (χ3v) is 9.78. The van der Waals surface area contributed by atoms with Crippen molar-refractivity contribution in [2.45, 2.75) is 129 Å². The second kappa shape index (κ2) is 31.4. The lowest BCUT2D eigenvalue weighted by molar-refractivity contribution is -0.142. The average Bonchev–Trinajstić information content (AvgIpc) is 3.24. The van der Waals surface area contributed by atoms with Gasteiger partial charge in [0, 0.05) is 6.42 Å². The van der Waals surface area contributed by atoms with Gasteiger partial charge in [0.05, 0.1) is 38.6 Å². The molecule has 0 aliphatic carbocycles. The smallest absolute Gasteiger partial charge is 0.326 e. The Kier molecular flexibility index (Phi) is 28.4. The van der Waals surface area contributed by atoms with Gasteiger partial charge >= 0.3 is 17.9 Å². The van der Waals surface area contributed by atoms with Crippen LogP contribution in [0.1, 0.15) is 92.9 Å². The lowest BCUT2D eigenvalue weighted by Gasteiger charge is -2.26. The second-order valence-corrected chi connectivity index (χ2v) is 16.3. The lowest BCUT2D eigenvalue weighted by Crippen LogP contribution is -2.58. The summed E-state index contributed by atoms with van der Waals surface area (Å²) in [5, 5.41) is 48.6. The average molecular weight is 944 g/mol. The van der Waals surface area contributed by atoms with Crippen molar-refractivity contribution in [3.05, 3.63) is 0 Å². The monoisotopic (exact) mass is 943 g/mol. The van der Waals surface area contributed by atoms with Crippen molar-refractivity contribution in [2.24, 2.45) is 29.2 Å². The molecule has 9 amide bonds. The highest BCUT2D eigenvalue weighted by atomic mass is 16.4. The number of nitrogens with one attached hydrogen (secondary N) is 9. The molecule has 7 atom stereocenters. The third-order valence-electron chi connectivity index (χ3n) is 9.78. The molecular weight excluding hydrogens is 875 g/mol. The predicted molar refractivity (Wildman–Crippen MR) is 233 cm³/mol. The number of carboxylic acids is 3. The summed E-state index contributed by atoms with van der Waals surface area (Å²) >= 11 is 0. The van der Waals surface area contributed by atoms with Gasteiger partial charge in [0.15, 0.2) is 0 Å². The molecule has 16 N–H and O–H groups in total. The maximum absolute atomic E-state index is 13.4. The molecule has 0 saturated carbocycles. The highest BCUT2D eigenvalue weighted by molar-refractivity contribution is 5.97. The number of unbranched alkanes of at least 4 members (excludes halogenated alkanes) is 1. The van der Waals surface area contributed by atoms with Gasteiger partial charge in [-0.1, -0.05) is 48.0 Å². The molecule has 1 unspecified atom stereocenters.